The van der Waals surface area contributed by atoms with Crippen LogP contribution in [0.5, 0.6) is 0 Å². The van der Waals surface area contributed by atoms with Crippen LogP contribution in [0, 0.1) is 5.92 Å². The van der Waals surface area contributed by atoms with Crippen molar-refractivity contribution < 1.29 is 14.7 Å². The number of rotatable bonds is 4. The molecule has 0 aliphatic carbocycles. The van der Waals surface area contributed by atoms with Gasteiger partial charge in [-0.05, 0) is 13.3 Å². The van der Waals surface area contributed by atoms with Crippen LogP contribution >= 0.6 is 0 Å². The Kier molecular flexibility index (Phi) is 4.33. The molecule has 70 valence electrons. The molecule has 0 aromatic carbocycles. The molecule has 2 N–H and O–H groups in total. The average Bonchev–Trinajstić information content (AvgIpc) is 2.02. The third kappa shape index (κ3) is 3.37. The predicted molar refractivity (Wildman–Crippen MR) is 44.7 cm³/mol. The highest BCUT2D eigenvalue weighted by Gasteiger charge is 2.17. The van der Waals surface area contributed by atoms with E-state index in [0.29, 0.717) is 0 Å². The van der Waals surface area contributed by atoms with Crippen molar-refractivity contribution in [3.05, 3.63) is 0 Å². The van der Waals surface area contributed by atoms with E-state index >= 15 is 0 Å². The molecule has 0 fully saturated rings. The fourth-order valence-corrected chi connectivity index (χ4v) is 0.603. The minimum absolute atomic E-state index is 0.119. The highest BCUT2D eigenvalue weighted by molar-refractivity contribution is 5.84. The molecule has 0 heterocycles. The lowest BCUT2D eigenvalue weighted by Gasteiger charge is -2.12. The zero-order valence-corrected chi connectivity index (χ0v) is 7.63. The lowest BCUT2D eigenvalue weighted by Crippen LogP contribution is -2.40. The molecule has 4 heteroatoms. The Labute approximate surface area is 72.0 Å². The summed E-state index contributed by atoms with van der Waals surface area (Å²) in [4.78, 5) is 21.4. The number of amides is 1. The Hall–Kier alpha value is -1.06. The van der Waals surface area contributed by atoms with E-state index in [1.807, 2.05) is 6.92 Å². The molecule has 0 saturated heterocycles. The van der Waals surface area contributed by atoms with Gasteiger partial charge in [0.2, 0.25) is 5.91 Å². The number of carbonyl (C=O) groups excluding carboxylic acids is 1. The lowest BCUT2D eigenvalue weighted by atomic mass is 10.1. The topological polar surface area (TPSA) is 66.4 Å². The number of carboxylic acids is 1. The molecule has 0 aliphatic heterocycles. The maximum Gasteiger partial charge on any atom is 0.325 e. The Morgan fingerprint density at radius 2 is 1.92 bits per heavy atom. The largest absolute Gasteiger partial charge is 0.480 e. The number of aliphatic carboxylic acids is 1. The number of hydrogen-bond acceptors (Lipinski definition) is 2. The van der Waals surface area contributed by atoms with Gasteiger partial charge in [-0.2, -0.15) is 0 Å². The fraction of sp³-hybridized carbons (Fsp3) is 0.750. The average molecular weight is 173 g/mol. The molecule has 12 heavy (non-hydrogen) atoms. The highest BCUT2D eigenvalue weighted by Crippen LogP contribution is 2.00. The Balaban J connectivity index is 3.92. The van der Waals surface area contributed by atoms with Crippen LogP contribution in [0.4, 0.5) is 0 Å². The van der Waals surface area contributed by atoms with Gasteiger partial charge in [0.15, 0.2) is 0 Å². The van der Waals surface area contributed by atoms with Crippen molar-refractivity contribution in [3.8, 4) is 0 Å². The first-order valence-electron chi connectivity index (χ1n) is 4.02. The molecule has 1 amide bonds. The second-order valence-electron chi connectivity index (χ2n) is 2.88. The van der Waals surface area contributed by atoms with E-state index in [1.54, 1.807) is 6.92 Å². The number of carboxylic acid groups (broad SMARTS) is 1. The van der Waals surface area contributed by atoms with E-state index in [1.165, 1.54) is 6.92 Å². The maximum atomic E-state index is 11.1. The lowest BCUT2D eigenvalue weighted by molar-refractivity contribution is -0.141. The standard InChI is InChI=1S/C8H15NO3/c1-4-5(2)7(10)9-6(3)8(11)12/h5-6H,4H2,1-3H3,(H,9,10)(H,11,12). The van der Waals surface area contributed by atoms with Crippen molar-refractivity contribution in [1.82, 2.24) is 5.32 Å². The number of nitrogens with one attached hydrogen (secondary N) is 1. The molecule has 0 aromatic rings. The zero-order chi connectivity index (χ0) is 9.72. The minimum Gasteiger partial charge on any atom is -0.480 e. The minimum atomic E-state index is -1.01. The SMILES string of the molecule is CCC(C)C(=O)NC(C)C(=O)O. The summed E-state index contributed by atoms with van der Waals surface area (Å²) in [5.74, 6) is -1.33. The Morgan fingerprint density at radius 3 is 2.25 bits per heavy atom. The second-order valence-corrected chi connectivity index (χ2v) is 2.88. The summed E-state index contributed by atoms with van der Waals surface area (Å²) in [7, 11) is 0. The van der Waals surface area contributed by atoms with Gasteiger partial charge in [-0.3, -0.25) is 9.59 Å². The van der Waals surface area contributed by atoms with E-state index in [9.17, 15) is 9.59 Å². The maximum absolute atomic E-state index is 11.1. The quantitative estimate of drug-likeness (QED) is 0.655. The predicted octanol–water partition coefficient (Wildman–Crippen LogP) is 0.622. The molecule has 0 saturated carbocycles. The Morgan fingerprint density at radius 1 is 1.42 bits per heavy atom. The summed E-state index contributed by atoms with van der Waals surface area (Å²) in [5.41, 5.74) is 0. The first-order valence-corrected chi connectivity index (χ1v) is 4.02. The van der Waals surface area contributed by atoms with Crippen molar-refractivity contribution in [2.75, 3.05) is 0 Å². The summed E-state index contributed by atoms with van der Waals surface area (Å²) in [6.45, 7) is 5.10. The van der Waals surface area contributed by atoms with Crippen LogP contribution in [-0.4, -0.2) is 23.0 Å². The van der Waals surface area contributed by atoms with Crippen LogP contribution in [0.3, 0.4) is 0 Å². The molecule has 0 rings (SSSR count). The first-order chi connectivity index (χ1) is 5.49. The monoisotopic (exact) mass is 173 g/mol. The van der Waals surface area contributed by atoms with E-state index in [2.05, 4.69) is 5.32 Å². The molecule has 0 aromatic heterocycles. The van der Waals surface area contributed by atoms with Gasteiger partial charge in [0, 0.05) is 5.92 Å². The summed E-state index contributed by atoms with van der Waals surface area (Å²) in [6.07, 6.45) is 0.720. The first kappa shape index (κ1) is 10.9. The molecule has 0 radical (unpaired) electrons. The van der Waals surface area contributed by atoms with Crippen molar-refractivity contribution >= 4 is 11.9 Å². The van der Waals surface area contributed by atoms with Crippen LogP contribution in [-0.2, 0) is 9.59 Å². The third-order valence-electron chi connectivity index (χ3n) is 1.79. The second kappa shape index (κ2) is 4.74. The summed E-state index contributed by atoms with van der Waals surface area (Å²) in [5, 5.41) is 10.9. The summed E-state index contributed by atoms with van der Waals surface area (Å²) >= 11 is 0. The van der Waals surface area contributed by atoms with E-state index in [4.69, 9.17) is 5.11 Å². The van der Waals surface area contributed by atoms with Gasteiger partial charge < -0.3 is 10.4 Å². The van der Waals surface area contributed by atoms with Crippen molar-refractivity contribution in [1.29, 1.82) is 0 Å². The van der Waals surface area contributed by atoms with Crippen LogP contribution in [0.25, 0.3) is 0 Å². The van der Waals surface area contributed by atoms with Gasteiger partial charge >= 0.3 is 5.97 Å². The number of carbonyl (C=O) groups is 2. The number of hydrogen-bond donors (Lipinski definition) is 2. The van der Waals surface area contributed by atoms with Gasteiger partial charge in [0.1, 0.15) is 6.04 Å². The van der Waals surface area contributed by atoms with Crippen LogP contribution in [0.2, 0.25) is 0 Å². The van der Waals surface area contributed by atoms with Crippen molar-refractivity contribution in [2.24, 2.45) is 5.92 Å². The smallest absolute Gasteiger partial charge is 0.325 e. The third-order valence-corrected chi connectivity index (χ3v) is 1.79. The zero-order valence-electron chi connectivity index (χ0n) is 7.63. The molecule has 2 unspecified atom stereocenters. The van der Waals surface area contributed by atoms with E-state index in [-0.39, 0.29) is 11.8 Å². The normalized spacial score (nSPS) is 14.9. The van der Waals surface area contributed by atoms with E-state index < -0.39 is 12.0 Å². The Bertz CT molecular complexity index is 179. The van der Waals surface area contributed by atoms with Crippen LogP contribution in [0.1, 0.15) is 27.2 Å². The van der Waals surface area contributed by atoms with Crippen molar-refractivity contribution in [3.63, 3.8) is 0 Å². The van der Waals surface area contributed by atoms with Crippen molar-refractivity contribution in [2.45, 2.75) is 33.2 Å². The molecule has 4 nitrogen and oxygen atoms in total. The fourth-order valence-electron chi connectivity index (χ4n) is 0.603. The molecule has 0 aliphatic rings. The van der Waals surface area contributed by atoms with Gasteiger partial charge in [0.05, 0.1) is 0 Å². The van der Waals surface area contributed by atoms with Gasteiger partial charge in [0.25, 0.3) is 0 Å². The van der Waals surface area contributed by atoms with E-state index in [0.717, 1.165) is 6.42 Å². The van der Waals surface area contributed by atoms with Crippen LogP contribution < -0.4 is 5.32 Å². The molecular weight excluding hydrogens is 158 g/mol. The molecule has 0 spiro atoms. The van der Waals surface area contributed by atoms with Gasteiger partial charge in [-0.25, -0.2) is 0 Å². The van der Waals surface area contributed by atoms with Crippen LogP contribution in [0.15, 0.2) is 0 Å². The van der Waals surface area contributed by atoms with Gasteiger partial charge in [-0.1, -0.05) is 13.8 Å². The molecule has 0 bridgehead atoms. The summed E-state index contributed by atoms with van der Waals surface area (Å²) in [6, 6.07) is -0.800. The molecule has 2 atom stereocenters. The summed E-state index contributed by atoms with van der Waals surface area (Å²) < 4.78 is 0. The van der Waals surface area contributed by atoms with Gasteiger partial charge in [-0.15, -0.1) is 0 Å². The molecular formula is C8H15NO3. The highest BCUT2D eigenvalue weighted by atomic mass is 16.4.